The second kappa shape index (κ2) is 9.95. The summed E-state index contributed by atoms with van der Waals surface area (Å²) >= 11 is 0. The largest absolute Gasteiger partial charge is 0.352 e. The van der Waals surface area contributed by atoms with Crippen LogP contribution in [-0.4, -0.2) is 46.8 Å². The SMILES string of the molecule is CC(C)NC(=O)C1(NC(=O)C2(NC(=O)C3(NC=O)C4CC5CC(C4)CC3C5)C3CC4CC(C3)CC2C4)C2CC3CC(C2)CC1C3. The molecule has 12 bridgehead atoms. The highest BCUT2D eigenvalue weighted by atomic mass is 16.2. The van der Waals surface area contributed by atoms with Crippen molar-refractivity contribution in [3.8, 4) is 0 Å². The molecule has 0 aromatic heterocycles. The van der Waals surface area contributed by atoms with Gasteiger partial charge < -0.3 is 21.3 Å². The zero-order valence-corrected chi connectivity index (χ0v) is 27.3. The summed E-state index contributed by atoms with van der Waals surface area (Å²) in [6.07, 6.45) is 16.4. The maximum absolute atomic E-state index is 15.4. The Labute approximate surface area is 268 Å². The molecule has 0 radical (unpaired) electrons. The number of amides is 4. The lowest BCUT2D eigenvalue weighted by Gasteiger charge is -2.64. The molecule has 8 heteroatoms. The molecule has 12 aliphatic carbocycles. The quantitative estimate of drug-likeness (QED) is 0.307. The van der Waals surface area contributed by atoms with Gasteiger partial charge in [-0.25, -0.2) is 0 Å². The van der Waals surface area contributed by atoms with Crippen molar-refractivity contribution in [2.75, 3.05) is 0 Å². The Kier molecular flexibility index (Phi) is 6.42. The van der Waals surface area contributed by atoms with E-state index < -0.39 is 16.6 Å². The first kappa shape index (κ1) is 29.1. The normalized spacial score (nSPS) is 52.6. The van der Waals surface area contributed by atoms with Crippen molar-refractivity contribution < 1.29 is 19.2 Å². The number of carbonyl (C=O) groups excluding carboxylic acids is 4. The van der Waals surface area contributed by atoms with Gasteiger partial charge in [0.05, 0.1) is 0 Å². The number of hydrogen-bond donors (Lipinski definition) is 4. The average Bonchev–Trinajstić information content (AvgIpc) is 2.97. The zero-order valence-electron chi connectivity index (χ0n) is 27.3. The molecule has 246 valence electrons. The van der Waals surface area contributed by atoms with Gasteiger partial charge >= 0.3 is 0 Å². The van der Waals surface area contributed by atoms with Crippen LogP contribution in [0.5, 0.6) is 0 Å². The van der Waals surface area contributed by atoms with Crippen molar-refractivity contribution in [2.24, 2.45) is 71.0 Å². The molecule has 12 rings (SSSR count). The van der Waals surface area contributed by atoms with Crippen molar-refractivity contribution in [1.82, 2.24) is 21.3 Å². The van der Waals surface area contributed by atoms with Crippen LogP contribution in [0.2, 0.25) is 0 Å². The second-order valence-corrected chi connectivity index (χ2v) is 18.3. The molecule has 12 aliphatic rings. The van der Waals surface area contributed by atoms with Crippen molar-refractivity contribution >= 4 is 24.1 Å². The van der Waals surface area contributed by atoms with Gasteiger partial charge in [0, 0.05) is 6.04 Å². The molecule has 4 N–H and O–H groups in total. The maximum Gasteiger partial charge on any atom is 0.247 e. The van der Waals surface area contributed by atoms with Crippen molar-refractivity contribution in [3.05, 3.63) is 0 Å². The summed E-state index contributed by atoms with van der Waals surface area (Å²) in [7, 11) is 0. The summed E-state index contributed by atoms with van der Waals surface area (Å²) in [4.78, 5) is 57.1. The van der Waals surface area contributed by atoms with Crippen LogP contribution in [-0.2, 0) is 19.2 Å². The van der Waals surface area contributed by atoms with Crippen LogP contribution >= 0.6 is 0 Å². The lowest BCUT2D eigenvalue weighted by atomic mass is 9.46. The van der Waals surface area contributed by atoms with Crippen LogP contribution in [0.15, 0.2) is 0 Å². The molecule has 12 saturated carbocycles. The summed E-state index contributed by atoms with van der Waals surface area (Å²) in [5.41, 5.74) is -2.88. The number of nitrogens with one attached hydrogen (secondary N) is 4. The molecule has 0 aromatic carbocycles. The highest BCUT2D eigenvalue weighted by molar-refractivity contribution is 6.00. The highest BCUT2D eigenvalue weighted by Crippen LogP contribution is 2.62. The van der Waals surface area contributed by atoms with Gasteiger partial charge in [0.2, 0.25) is 24.1 Å². The molecule has 0 saturated heterocycles. The Morgan fingerprint density at radius 3 is 1.09 bits per heavy atom. The van der Waals surface area contributed by atoms with Gasteiger partial charge in [-0.1, -0.05) is 0 Å². The smallest absolute Gasteiger partial charge is 0.247 e. The average molecular weight is 619 g/mol. The van der Waals surface area contributed by atoms with Gasteiger partial charge in [-0.15, -0.1) is 0 Å². The van der Waals surface area contributed by atoms with E-state index in [9.17, 15) is 9.59 Å². The number of carbonyl (C=O) groups is 4. The molecule has 0 spiro atoms. The Hall–Kier alpha value is -2.12. The molecule has 0 aromatic rings. The minimum absolute atomic E-state index is 0.00919. The molecule has 4 amide bonds. The predicted molar refractivity (Wildman–Crippen MR) is 168 cm³/mol. The molecule has 0 atom stereocenters. The van der Waals surface area contributed by atoms with E-state index in [1.54, 1.807) is 0 Å². The standard InChI is InChI=1S/C37H54N4O4/c1-19(2)39-32(43)36(28-10-22-4-23(12-28)13-29(36)11-22)41-34(45)37(30-14-24-5-25(16-30)17-31(37)15-24)40-33(44)35(38-18-42)26-6-20-3-21(8-26)9-27(35)7-20/h18-31H,3-17H2,1-2H3,(H,38,42)(H,39,43)(H,40,44)(H,41,45). The monoisotopic (exact) mass is 618 g/mol. The summed E-state index contributed by atoms with van der Waals surface area (Å²) in [5, 5.41) is 13.6. The highest BCUT2D eigenvalue weighted by Gasteiger charge is 2.69. The molecule has 0 heterocycles. The van der Waals surface area contributed by atoms with E-state index >= 15 is 9.59 Å². The minimum Gasteiger partial charge on any atom is -0.352 e. The maximum atomic E-state index is 15.4. The van der Waals surface area contributed by atoms with E-state index in [0.29, 0.717) is 35.5 Å². The molecule has 0 aliphatic heterocycles. The number of rotatable bonds is 8. The third kappa shape index (κ3) is 3.95. The lowest BCUT2D eigenvalue weighted by Crippen LogP contribution is -2.81. The Balaban J connectivity index is 1.10. The van der Waals surface area contributed by atoms with Crippen LogP contribution in [0.1, 0.15) is 110 Å². The molecule has 0 unspecified atom stereocenters. The van der Waals surface area contributed by atoms with E-state index in [1.165, 1.54) is 19.3 Å². The molecule has 12 fully saturated rings. The lowest BCUT2D eigenvalue weighted by molar-refractivity contribution is -0.170. The Morgan fingerprint density at radius 2 is 0.778 bits per heavy atom. The predicted octanol–water partition coefficient (Wildman–Crippen LogP) is 4.07. The van der Waals surface area contributed by atoms with Crippen LogP contribution in [0.25, 0.3) is 0 Å². The fraction of sp³-hybridized carbons (Fsp3) is 0.892. The van der Waals surface area contributed by atoms with Crippen molar-refractivity contribution in [3.63, 3.8) is 0 Å². The van der Waals surface area contributed by atoms with Gasteiger partial charge in [-0.2, -0.15) is 0 Å². The van der Waals surface area contributed by atoms with E-state index in [2.05, 4.69) is 21.3 Å². The Bertz CT molecular complexity index is 1210. The van der Waals surface area contributed by atoms with Gasteiger partial charge in [-0.3, -0.25) is 19.2 Å². The fourth-order valence-electron chi connectivity index (χ4n) is 14.8. The first-order valence-electron chi connectivity index (χ1n) is 18.8. The molecular weight excluding hydrogens is 564 g/mol. The van der Waals surface area contributed by atoms with E-state index in [4.69, 9.17) is 0 Å². The first-order valence-corrected chi connectivity index (χ1v) is 18.8. The van der Waals surface area contributed by atoms with E-state index in [1.807, 2.05) is 13.8 Å². The second-order valence-electron chi connectivity index (χ2n) is 18.3. The van der Waals surface area contributed by atoms with Crippen LogP contribution in [0.4, 0.5) is 0 Å². The topological polar surface area (TPSA) is 116 Å². The van der Waals surface area contributed by atoms with Crippen LogP contribution in [0.3, 0.4) is 0 Å². The Morgan fingerprint density at radius 1 is 0.489 bits per heavy atom. The minimum atomic E-state index is -1.03. The van der Waals surface area contributed by atoms with E-state index in [0.717, 1.165) is 83.5 Å². The van der Waals surface area contributed by atoms with Gasteiger partial charge in [0.25, 0.3) is 0 Å². The van der Waals surface area contributed by atoms with Crippen LogP contribution < -0.4 is 21.3 Å². The zero-order chi connectivity index (χ0) is 30.9. The van der Waals surface area contributed by atoms with Gasteiger partial charge in [0.1, 0.15) is 16.6 Å². The van der Waals surface area contributed by atoms with Crippen molar-refractivity contribution in [2.45, 2.75) is 133 Å². The first-order chi connectivity index (χ1) is 21.6. The van der Waals surface area contributed by atoms with Gasteiger partial charge in [0.15, 0.2) is 0 Å². The van der Waals surface area contributed by atoms with Crippen molar-refractivity contribution in [1.29, 1.82) is 0 Å². The van der Waals surface area contributed by atoms with E-state index in [-0.39, 0.29) is 59.3 Å². The summed E-state index contributed by atoms with van der Waals surface area (Å²) in [6.45, 7) is 4.01. The molecule has 8 nitrogen and oxygen atoms in total. The number of hydrogen-bond acceptors (Lipinski definition) is 4. The summed E-state index contributed by atoms with van der Waals surface area (Å²) in [5.74, 6) is 4.33. The third-order valence-corrected chi connectivity index (χ3v) is 15.8. The summed E-state index contributed by atoms with van der Waals surface area (Å²) < 4.78 is 0. The van der Waals surface area contributed by atoms with Gasteiger partial charge in [-0.05, 0) is 181 Å². The van der Waals surface area contributed by atoms with Crippen LogP contribution in [0, 0.1) is 71.0 Å². The fourth-order valence-corrected chi connectivity index (χ4v) is 14.8. The summed E-state index contributed by atoms with van der Waals surface area (Å²) in [6, 6.07) is -0.00972. The molecule has 45 heavy (non-hydrogen) atoms. The molecular formula is C37H54N4O4. The third-order valence-electron chi connectivity index (χ3n) is 15.8.